The Kier molecular flexibility index (Phi) is 4.72. The Labute approximate surface area is 189 Å². The number of anilines is 1. The van der Waals surface area contributed by atoms with Gasteiger partial charge in [-0.1, -0.05) is 35.1 Å². The van der Waals surface area contributed by atoms with E-state index < -0.39 is 23.2 Å². The fourth-order valence-corrected chi connectivity index (χ4v) is 5.08. The highest BCUT2D eigenvalue weighted by atomic mass is 35.5. The lowest BCUT2D eigenvalue weighted by Crippen LogP contribution is -2.29. The predicted octanol–water partition coefficient (Wildman–Crippen LogP) is 5.30. The van der Waals surface area contributed by atoms with Crippen LogP contribution >= 0.6 is 22.9 Å². The number of amides is 1. The maximum Gasteiger partial charge on any atom is 0.297 e. The Morgan fingerprint density at radius 3 is 2.56 bits per heavy atom. The maximum atomic E-state index is 13.6. The fourth-order valence-electron chi connectivity index (χ4n) is 3.91. The van der Waals surface area contributed by atoms with E-state index in [4.69, 9.17) is 16.0 Å². The van der Waals surface area contributed by atoms with E-state index in [-0.39, 0.29) is 33.2 Å². The van der Waals surface area contributed by atoms with E-state index >= 15 is 0 Å². The molecule has 0 aliphatic carbocycles. The Hall–Kier alpha value is -3.36. The SMILES string of the molecule is CC(=O)c1sc(N2C(=O)c3oc4ccc(Cl)cc4c(=O)c3C2c2ccc(F)cc2)nc1C. The predicted molar refractivity (Wildman–Crippen MR) is 119 cm³/mol. The quantitative estimate of drug-likeness (QED) is 0.381. The van der Waals surface area contributed by atoms with Gasteiger partial charge in [0, 0.05) is 11.9 Å². The van der Waals surface area contributed by atoms with Gasteiger partial charge in [0.1, 0.15) is 11.4 Å². The van der Waals surface area contributed by atoms with Crippen LogP contribution in [0.5, 0.6) is 0 Å². The van der Waals surface area contributed by atoms with Gasteiger partial charge < -0.3 is 4.42 Å². The topological polar surface area (TPSA) is 80.5 Å². The second-order valence-electron chi connectivity index (χ2n) is 7.41. The summed E-state index contributed by atoms with van der Waals surface area (Å²) in [5.41, 5.74) is 0.924. The summed E-state index contributed by atoms with van der Waals surface area (Å²) in [6.07, 6.45) is 0. The van der Waals surface area contributed by atoms with Gasteiger partial charge in [-0.05, 0) is 42.8 Å². The molecule has 0 fully saturated rings. The van der Waals surface area contributed by atoms with Crippen molar-refractivity contribution in [1.82, 2.24) is 4.98 Å². The van der Waals surface area contributed by atoms with Gasteiger partial charge in [0.15, 0.2) is 16.3 Å². The Morgan fingerprint density at radius 2 is 1.91 bits per heavy atom. The molecule has 1 aliphatic rings. The molecule has 0 saturated heterocycles. The van der Waals surface area contributed by atoms with Crippen LogP contribution in [0.3, 0.4) is 0 Å². The normalized spacial score (nSPS) is 15.4. The third-order valence-corrected chi connectivity index (χ3v) is 6.82. The molecule has 4 aromatic rings. The van der Waals surface area contributed by atoms with Crippen molar-refractivity contribution >= 4 is 50.7 Å². The Bertz CT molecular complexity index is 1490. The van der Waals surface area contributed by atoms with Crippen LogP contribution in [0.2, 0.25) is 5.02 Å². The second kappa shape index (κ2) is 7.36. The van der Waals surface area contributed by atoms with E-state index in [9.17, 15) is 18.8 Å². The Balaban J connectivity index is 1.81. The highest BCUT2D eigenvalue weighted by Gasteiger charge is 2.45. The molecule has 6 nitrogen and oxygen atoms in total. The van der Waals surface area contributed by atoms with Crippen molar-refractivity contribution < 1.29 is 18.4 Å². The lowest BCUT2D eigenvalue weighted by Gasteiger charge is -2.22. The molecule has 9 heteroatoms. The number of ketones is 1. The van der Waals surface area contributed by atoms with Crippen molar-refractivity contribution in [3.05, 3.63) is 91.0 Å². The first-order chi connectivity index (χ1) is 15.3. The molecule has 2 aromatic heterocycles. The number of nitrogens with zero attached hydrogens (tertiary/aromatic N) is 2. The fraction of sp³-hybridized carbons (Fsp3) is 0.130. The first-order valence-corrected chi connectivity index (χ1v) is 10.8. The zero-order valence-corrected chi connectivity index (χ0v) is 18.4. The lowest BCUT2D eigenvalue weighted by atomic mass is 9.99. The van der Waals surface area contributed by atoms with Gasteiger partial charge >= 0.3 is 0 Å². The van der Waals surface area contributed by atoms with Crippen LogP contribution in [0, 0.1) is 12.7 Å². The molecule has 0 bridgehead atoms. The zero-order valence-electron chi connectivity index (χ0n) is 16.8. The molecule has 32 heavy (non-hydrogen) atoms. The number of rotatable bonds is 3. The first kappa shape index (κ1) is 20.5. The molecule has 1 atom stereocenters. The number of carbonyl (C=O) groups excluding carboxylic acids is 2. The van der Waals surface area contributed by atoms with Crippen LogP contribution in [0.1, 0.15) is 50.0 Å². The molecule has 5 rings (SSSR count). The third kappa shape index (κ3) is 3.06. The molecule has 3 heterocycles. The van der Waals surface area contributed by atoms with Crippen LogP contribution in [0.15, 0.2) is 51.7 Å². The molecule has 1 amide bonds. The molecule has 0 spiro atoms. The molecule has 1 aliphatic heterocycles. The Morgan fingerprint density at radius 1 is 1.19 bits per heavy atom. The van der Waals surface area contributed by atoms with E-state index in [0.29, 0.717) is 21.2 Å². The standard InChI is InChI=1S/C23H14ClFN2O4S/c1-10-21(11(2)28)32-23(26-10)27-18(12-3-6-14(25)7-4-12)17-19(29)15-9-13(24)5-8-16(15)31-20(17)22(27)30/h3-9,18H,1-2H3. The van der Waals surface area contributed by atoms with Gasteiger partial charge in [-0.2, -0.15) is 0 Å². The summed E-state index contributed by atoms with van der Waals surface area (Å²) in [4.78, 5) is 45.1. The minimum Gasteiger partial charge on any atom is -0.450 e. The van der Waals surface area contributed by atoms with Gasteiger partial charge in [-0.25, -0.2) is 9.37 Å². The number of carbonyl (C=O) groups is 2. The number of aromatic nitrogens is 1. The zero-order chi connectivity index (χ0) is 22.7. The van der Waals surface area contributed by atoms with E-state index in [1.807, 2.05) is 0 Å². The number of benzene rings is 2. The summed E-state index contributed by atoms with van der Waals surface area (Å²) in [7, 11) is 0. The van der Waals surface area contributed by atoms with E-state index in [1.54, 1.807) is 13.0 Å². The van der Waals surface area contributed by atoms with Crippen LogP contribution < -0.4 is 10.3 Å². The minimum absolute atomic E-state index is 0.114. The van der Waals surface area contributed by atoms with Crippen LogP contribution in [-0.4, -0.2) is 16.7 Å². The van der Waals surface area contributed by atoms with Crippen molar-refractivity contribution in [2.45, 2.75) is 19.9 Å². The number of aryl methyl sites for hydroxylation is 1. The number of hydrogen-bond donors (Lipinski definition) is 0. The molecule has 0 N–H and O–H groups in total. The molecule has 0 radical (unpaired) electrons. The number of Topliss-reactive ketones (excluding diaryl/α,β-unsaturated/α-hetero) is 1. The summed E-state index contributed by atoms with van der Waals surface area (Å²) in [6.45, 7) is 3.10. The van der Waals surface area contributed by atoms with Crippen LogP contribution in [0.4, 0.5) is 9.52 Å². The molecule has 2 aromatic carbocycles. The third-order valence-electron chi connectivity index (χ3n) is 5.33. The number of fused-ring (bicyclic) bond motifs is 2. The minimum atomic E-state index is -0.900. The highest BCUT2D eigenvalue weighted by Crippen LogP contribution is 2.43. The summed E-state index contributed by atoms with van der Waals surface area (Å²) in [5.74, 6) is -1.31. The average molecular weight is 469 g/mol. The van der Waals surface area contributed by atoms with Gasteiger partial charge in [0.2, 0.25) is 5.76 Å². The number of thiazole rings is 1. The second-order valence-corrected chi connectivity index (χ2v) is 8.82. The molecular weight excluding hydrogens is 455 g/mol. The first-order valence-electron chi connectivity index (χ1n) is 9.60. The summed E-state index contributed by atoms with van der Waals surface area (Å²) < 4.78 is 19.5. The van der Waals surface area contributed by atoms with Gasteiger partial charge in [0.25, 0.3) is 5.91 Å². The van der Waals surface area contributed by atoms with E-state index in [0.717, 1.165) is 11.3 Å². The molecule has 0 saturated carbocycles. The van der Waals surface area contributed by atoms with Crippen molar-refractivity contribution in [3.63, 3.8) is 0 Å². The van der Waals surface area contributed by atoms with Crippen molar-refractivity contribution in [1.29, 1.82) is 0 Å². The largest absolute Gasteiger partial charge is 0.450 e. The average Bonchev–Trinajstić information content (AvgIpc) is 3.27. The van der Waals surface area contributed by atoms with Crippen LogP contribution in [-0.2, 0) is 0 Å². The molecule has 160 valence electrons. The smallest absolute Gasteiger partial charge is 0.297 e. The number of hydrogen-bond acceptors (Lipinski definition) is 6. The lowest BCUT2D eigenvalue weighted by molar-refractivity contribution is 0.0969. The molecule has 1 unspecified atom stereocenters. The van der Waals surface area contributed by atoms with Crippen molar-refractivity contribution in [2.24, 2.45) is 0 Å². The van der Waals surface area contributed by atoms with Gasteiger partial charge in [-0.15, -0.1) is 0 Å². The molecular formula is C23H14ClFN2O4S. The number of halogens is 2. The van der Waals surface area contributed by atoms with Gasteiger partial charge in [0.05, 0.1) is 27.6 Å². The highest BCUT2D eigenvalue weighted by molar-refractivity contribution is 7.17. The van der Waals surface area contributed by atoms with Crippen LogP contribution in [0.25, 0.3) is 11.0 Å². The summed E-state index contributed by atoms with van der Waals surface area (Å²) in [6, 6.07) is 9.20. The summed E-state index contributed by atoms with van der Waals surface area (Å²) >= 11 is 7.13. The van der Waals surface area contributed by atoms with Crippen molar-refractivity contribution in [2.75, 3.05) is 4.90 Å². The van der Waals surface area contributed by atoms with Crippen molar-refractivity contribution in [3.8, 4) is 0 Å². The summed E-state index contributed by atoms with van der Waals surface area (Å²) in [5, 5.41) is 0.837. The van der Waals surface area contributed by atoms with E-state index in [2.05, 4.69) is 4.98 Å². The van der Waals surface area contributed by atoms with E-state index in [1.165, 1.54) is 48.2 Å². The monoisotopic (exact) mass is 468 g/mol. The van der Waals surface area contributed by atoms with Gasteiger partial charge in [-0.3, -0.25) is 19.3 Å². The maximum absolute atomic E-state index is 13.6.